The maximum Gasteiger partial charge on any atom is 0.287 e. The molecule has 1 saturated heterocycles. The normalized spacial score (nSPS) is 15.0. The van der Waals surface area contributed by atoms with Crippen molar-refractivity contribution in [3.05, 3.63) is 58.3 Å². The minimum absolute atomic E-state index is 0.0298. The van der Waals surface area contributed by atoms with Gasteiger partial charge in [0.1, 0.15) is 12.0 Å². The van der Waals surface area contributed by atoms with Crippen molar-refractivity contribution < 1.29 is 4.92 Å². The number of benzene rings is 1. The highest BCUT2D eigenvalue weighted by molar-refractivity contribution is 5.51. The fraction of sp³-hybridized carbons (Fsp3) is 0.312. The molecule has 0 aliphatic carbocycles. The van der Waals surface area contributed by atoms with Crippen LogP contribution >= 0.6 is 0 Å². The smallest absolute Gasteiger partial charge is 0.287 e. The number of nitrogens with zero attached hydrogens (tertiary/aromatic N) is 4. The van der Waals surface area contributed by atoms with Gasteiger partial charge in [-0.1, -0.05) is 12.1 Å². The highest BCUT2D eigenvalue weighted by Crippen LogP contribution is 2.21. The van der Waals surface area contributed by atoms with Crippen LogP contribution in [-0.4, -0.2) is 36.1 Å². The number of anilines is 2. The van der Waals surface area contributed by atoms with Gasteiger partial charge in [0.2, 0.25) is 0 Å². The van der Waals surface area contributed by atoms with Crippen LogP contribution in [0, 0.1) is 17.0 Å². The van der Waals surface area contributed by atoms with Crippen LogP contribution in [0.4, 0.5) is 17.2 Å². The molecule has 6 nitrogen and oxygen atoms in total. The lowest BCUT2D eigenvalue weighted by Crippen LogP contribution is -2.46. The van der Waals surface area contributed by atoms with E-state index in [1.54, 1.807) is 6.07 Å². The Morgan fingerprint density at radius 3 is 2.41 bits per heavy atom. The number of aryl methyl sites for hydroxylation is 1. The van der Waals surface area contributed by atoms with Crippen LogP contribution in [0.25, 0.3) is 0 Å². The second-order valence-corrected chi connectivity index (χ2v) is 5.44. The zero-order valence-electron chi connectivity index (χ0n) is 12.5. The molecule has 1 fully saturated rings. The van der Waals surface area contributed by atoms with Gasteiger partial charge in [-0.2, -0.15) is 0 Å². The number of piperazine rings is 1. The third-order valence-electron chi connectivity index (χ3n) is 3.91. The van der Waals surface area contributed by atoms with Crippen LogP contribution in [0.2, 0.25) is 0 Å². The Kier molecular flexibility index (Phi) is 3.91. The van der Waals surface area contributed by atoms with Crippen molar-refractivity contribution in [2.45, 2.75) is 6.92 Å². The summed E-state index contributed by atoms with van der Waals surface area (Å²) in [5, 5.41) is 10.7. The first-order chi connectivity index (χ1) is 10.6. The number of hydrogen-bond donors (Lipinski definition) is 0. The van der Waals surface area contributed by atoms with E-state index < -0.39 is 4.92 Å². The van der Waals surface area contributed by atoms with Gasteiger partial charge in [0, 0.05) is 37.9 Å². The maximum atomic E-state index is 10.7. The molecule has 2 aromatic rings. The molecular formula is C16H18N4O2. The average molecular weight is 298 g/mol. The van der Waals surface area contributed by atoms with Gasteiger partial charge in [0.15, 0.2) is 0 Å². The molecule has 1 aromatic carbocycles. The molecule has 1 aliphatic rings. The quantitative estimate of drug-likeness (QED) is 0.644. The van der Waals surface area contributed by atoms with E-state index in [0.717, 1.165) is 32.0 Å². The van der Waals surface area contributed by atoms with E-state index in [4.69, 9.17) is 0 Å². The lowest BCUT2D eigenvalue weighted by atomic mass is 10.2. The van der Waals surface area contributed by atoms with Gasteiger partial charge in [-0.05, 0) is 30.7 Å². The monoisotopic (exact) mass is 298 g/mol. The summed E-state index contributed by atoms with van der Waals surface area (Å²) in [5.74, 6) is 0.800. The molecular weight excluding hydrogens is 280 g/mol. The molecule has 1 aromatic heterocycles. The van der Waals surface area contributed by atoms with E-state index in [1.807, 2.05) is 0 Å². The maximum absolute atomic E-state index is 10.7. The minimum Gasteiger partial charge on any atom is -0.368 e. The molecule has 2 heterocycles. The van der Waals surface area contributed by atoms with E-state index in [1.165, 1.54) is 23.5 Å². The summed E-state index contributed by atoms with van der Waals surface area (Å²) in [6.45, 7) is 5.66. The van der Waals surface area contributed by atoms with Gasteiger partial charge in [0.05, 0.1) is 4.92 Å². The summed E-state index contributed by atoms with van der Waals surface area (Å²) in [7, 11) is 0. The second kappa shape index (κ2) is 6.01. The Balaban J connectivity index is 1.65. The van der Waals surface area contributed by atoms with E-state index >= 15 is 0 Å². The lowest BCUT2D eigenvalue weighted by Gasteiger charge is -2.36. The third kappa shape index (κ3) is 3.00. The van der Waals surface area contributed by atoms with Crippen LogP contribution in [0.5, 0.6) is 0 Å². The Labute approximate surface area is 129 Å². The Bertz CT molecular complexity index is 664. The SMILES string of the molecule is Cc1cccc(N2CCN(c3ccc([N+](=O)[O-])cn3)CC2)c1. The summed E-state index contributed by atoms with van der Waals surface area (Å²) < 4.78 is 0. The van der Waals surface area contributed by atoms with Gasteiger partial charge in [-0.25, -0.2) is 4.98 Å². The first-order valence-electron chi connectivity index (χ1n) is 7.30. The van der Waals surface area contributed by atoms with Crippen molar-refractivity contribution in [3.63, 3.8) is 0 Å². The third-order valence-corrected chi connectivity index (χ3v) is 3.91. The summed E-state index contributed by atoms with van der Waals surface area (Å²) in [5.41, 5.74) is 2.54. The van der Waals surface area contributed by atoms with Crippen LogP contribution in [-0.2, 0) is 0 Å². The van der Waals surface area contributed by atoms with E-state index in [2.05, 4.69) is 46.0 Å². The van der Waals surface area contributed by atoms with E-state index in [0.29, 0.717) is 0 Å². The van der Waals surface area contributed by atoms with Crippen LogP contribution in [0.15, 0.2) is 42.6 Å². The second-order valence-electron chi connectivity index (χ2n) is 5.44. The number of pyridine rings is 1. The molecule has 3 rings (SSSR count). The van der Waals surface area contributed by atoms with Crippen molar-refractivity contribution in [2.75, 3.05) is 36.0 Å². The Hall–Kier alpha value is -2.63. The molecule has 0 spiro atoms. The molecule has 6 heteroatoms. The predicted molar refractivity (Wildman–Crippen MR) is 86.5 cm³/mol. The zero-order valence-corrected chi connectivity index (χ0v) is 12.5. The highest BCUT2D eigenvalue weighted by Gasteiger charge is 2.19. The molecule has 0 radical (unpaired) electrons. The number of aromatic nitrogens is 1. The van der Waals surface area contributed by atoms with Crippen LogP contribution in [0.3, 0.4) is 0 Å². The zero-order chi connectivity index (χ0) is 15.5. The van der Waals surface area contributed by atoms with Gasteiger partial charge < -0.3 is 9.80 Å². The Morgan fingerprint density at radius 2 is 1.82 bits per heavy atom. The average Bonchev–Trinajstić information content (AvgIpc) is 2.55. The van der Waals surface area contributed by atoms with Crippen LogP contribution in [0.1, 0.15) is 5.56 Å². The Morgan fingerprint density at radius 1 is 1.09 bits per heavy atom. The number of nitro groups is 1. The van der Waals surface area contributed by atoms with Crippen molar-refractivity contribution in [1.29, 1.82) is 0 Å². The van der Waals surface area contributed by atoms with Gasteiger partial charge in [0.25, 0.3) is 5.69 Å². The van der Waals surface area contributed by atoms with Gasteiger partial charge >= 0.3 is 0 Å². The fourth-order valence-corrected chi connectivity index (χ4v) is 2.69. The predicted octanol–water partition coefficient (Wildman–Crippen LogP) is 2.62. The van der Waals surface area contributed by atoms with Gasteiger partial charge in [-0.3, -0.25) is 10.1 Å². The molecule has 1 aliphatic heterocycles. The lowest BCUT2D eigenvalue weighted by molar-refractivity contribution is -0.385. The summed E-state index contributed by atoms with van der Waals surface area (Å²) >= 11 is 0. The first kappa shape index (κ1) is 14.3. The van der Waals surface area contributed by atoms with E-state index in [9.17, 15) is 10.1 Å². The van der Waals surface area contributed by atoms with Crippen molar-refractivity contribution in [3.8, 4) is 0 Å². The molecule has 22 heavy (non-hydrogen) atoms. The summed E-state index contributed by atoms with van der Waals surface area (Å²) in [6, 6.07) is 11.7. The molecule has 0 amide bonds. The standard InChI is InChI=1S/C16H18N4O2/c1-13-3-2-4-14(11-13)18-7-9-19(10-8-18)16-6-5-15(12-17-16)20(21)22/h2-6,11-12H,7-10H2,1H3. The first-order valence-corrected chi connectivity index (χ1v) is 7.30. The minimum atomic E-state index is -0.424. The number of hydrogen-bond acceptors (Lipinski definition) is 5. The van der Waals surface area contributed by atoms with Gasteiger partial charge in [-0.15, -0.1) is 0 Å². The topological polar surface area (TPSA) is 62.5 Å². The van der Waals surface area contributed by atoms with Crippen LogP contribution < -0.4 is 9.80 Å². The molecule has 0 N–H and O–H groups in total. The molecule has 0 bridgehead atoms. The molecule has 114 valence electrons. The van der Waals surface area contributed by atoms with Crippen molar-refractivity contribution in [2.24, 2.45) is 0 Å². The van der Waals surface area contributed by atoms with Crippen molar-refractivity contribution in [1.82, 2.24) is 4.98 Å². The van der Waals surface area contributed by atoms with Crippen molar-refractivity contribution >= 4 is 17.2 Å². The summed E-state index contributed by atoms with van der Waals surface area (Å²) in [6.07, 6.45) is 1.32. The summed E-state index contributed by atoms with van der Waals surface area (Å²) in [4.78, 5) is 19.0. The molecule has 0 atom stereocenters. The largest absolute Gasteiger partial charge is 0.368 e. The highest BCUT2D eigenvalue weighted by atomic mass is 16.6. The molecule has 0 saturated carbocycles. The molecule has 0 unspecified atom stereocenters. The van der Waals surface area contributed by atoms with E-state index in [-0.39, 0.29) is 5.69 Å². The fourth-order valence-electron chi connectivity index (χ4n) is 2.69. The number of rotatable bonds is 3.